The summed E-state index contributed by atoms with van der Waals surface area (Å²) >= 11 is 0. The van der Waals surface area contributed by atoms with Crippen LogP contribution in [0.4, 0.5) is 0 Å². The van der Waals surface area contributed by atoms with Gasteiger partial charge in [0.2, 0.25) is 10.0 Å². The van der Waals surface area contributed by atoms with Crippen molar-refractivity contribution in [1.82, 2.24) is 19.4 Å². The fraction of sp³-hybridized carbons (Fsp3) is 0.650. The van der Waals surface area contributed by atoms with Gasteiger partial charge < -0.3 is 15.1 Å². The van der Waals surface area contributed by atoms with Gasteiger partial charge in [0.05, 0.1) is 4.90 Å². The van der Waals surface area contributed by atoms with E-state index in [0.29, 0.717) is 12.1 Å². The van der Waals surface area contributed by atoms with Crippen LogP contribution < -0.4 is 5.32 Å². The molecule has 1 amide bonds. The molecule has 0 saturated carbocycles. The molecule has 0 unspecified atom stereocenters. The summed E-state index contributed by atoms with van der Waals surface area (Å²) in [6, 6.07) is 6.01. The van der Waals surface area contributed by atoms with Crippen LogP contribution in [0.2, 0.25) is 0 Å². The maximum absolute atomic E-state index is 12.5. The molecule has 8 heteroatoms. The molecule has 1 saturated heterocycles. The number of sulfonamides is 1. The van der Waals surface area contributed by atoms with Crippen LogP contribution in [0.3, 0.4) is 0 Å². The van der Waals surface area contributed by atoms with Crippen LogP contribution in [-0.2, 0) is 10.0 Å². The van der Waals surface area contributed by atoms with Crippen LogP contribution >= 0.6 is 0 Å². The summed E-state index contributed by atoms with van der Waals surface area (Å²) in [5, 5.41) is 2.92. The molecule has 1 aliphatic heterocycles. The zero-order valence-electron chi connectivity index (χ0n) is 17.5. The SMILES string of the molecule is CC(C)N(C)S(=O)(=O)c1ccc(C(=O)NCCCCN2CCN(C)CC2)cc1. The highest BCUT2D eigenvalue weighted by atomic mass is 32.2. The molecule has 1 heterocycles. The maximum atomic E-state index is 12.5. The van der Waals surface area contributed by atoms with Crippen molar-refractivity contribution in [2.45, 2.75) is 37.6 Å². The van der Waals surface area contributed by atoms with E-state index in [-0.39, 0.29) is 16.8 Å². The first-order valence-corrected chi connectivity index (χ1v) is 11.4. The van der Waals surface area contributed by atoms with Gasteiger partial charge >= 0.3 is 0 Å². The quantitative estimate of drug-likeness (QED) is 0.624. The van der Waals surface area contributed by atoms with E-state index in [2.05, 4.69) is 22.2 Å². The number of hydrogen-bond donors (Lipinski definition) is 1. The minimum atomic E-state index is -3.53. The van der Waals surface area contributed by atoms with Gasteiger partial charge in [-0.1, -0.05) is 0 Å². The number of carbonyl (C=O) groups is 1. The summed E-state index contributed by atoms with van der Waals surface area (Å²) in [6.45, 7) is 9.81. The van der Waals surface area contributed by atoms with E-state index in [1.165, 1.54) is 16.4 Å². The van der Waals surface area contributed by atoms with Gasteiger partial charge in [-0.25, -0.2) is 8.42 Å². The molecule has 2 rings (SSSR count). The van der Waals surface area contributed by atoms with Gasteiger partial charge in [0.1, 0.15) is 0 Å². The largest absolute Gasteiger partial charge is 0.352 e. The predicted molar refractivity (Wildman–Crippen MR) is 112 cm³/mol. The maximum Gasteiger partial charge on any atom is 0.251 e. The molecule has 28 heavy (non-hydrogen) atoms. The van der Waals surface area contributed by atoms with Crippen LogP contribution in [0.5, 0.6) is 0 Å². The Hall–Kier alpha value is -1.48. The summed E-state index contributed by atoms with van der Waals surface area (Å²) in [5.74, 6) is -0.166. The average molecular weight is 411 g/mol. The van der Waals surface area contributed by atoms with E-state index < -0.39 is 10.0 Å². The number of unbranched alkanes of at least 4 members (excludes halogenated alkanes) is 1. The van der Waals surface area contributed by atoms with E-state index >= 15 is 0 Å². The van der Waals surface area contributed by atoms with E-state index in [9.17, 15) is 13.2 Å². The number of piperazine rings is 1. The number of nitrogens with zero attached hydrogens (tertiary/aromatic N) is 3. The van der Waals surface area contributed by atoms with Crippen molar-refractivity contribution in [2.24, 2.45) is 0 Å². The zero-order chi connectivity index (χ0) is 20.7. The van der Waals surface area contributed by atoms with Gasteiger partial charge in [0, 0.05) is 51.4 Å². The summed E-state index contributed by atoms with van der Waals surface area (Å²) in [5.41, 5.74) is 0.477. The average Bonchev–Trinajstić information content (AvgIpc) is 2.68. The van der Waals surface area contributed by atoms with Crippen LogP contribution in [0.15, 0.2) is 29.2 Å². The normalized spacial score (nSPS) is 16.6. The minimum Gasteiger partial charge on any atom is -0.352 e. The van der Waals surface area contributed by atoms with Crippen molar-refractivity contribution in [3.63, 3.8) is 0 Å². The third-order valence-electron chi connectivity index (χ3n) is 5.30. The summed E-state index contributed by atoms with van der Waals surface area (Å²) in [7, 11) is 0.183. The lowest BCUT2D eigenvalue weighted by Gasteiger charge is -2.32. The van der Waals surface area contributed by atoms with Gasteiger partial charge in [0.25, 0.3) is 5.91 Å². The van der Waals surface area contributed by atoms with Crippen LogP contribution in [0.1, 0.15) is 37.0 Å². The third-order valence-corrected chi connectivity index (χ3v) is 7.35. The molecule has 1 fully saturated rings. The Morgan fingerprint density at radius 2 is 1.71 bits per heavy atom. The Labute approximate surface area is 169 Å². The Morgan fingerprint density at radius 1 is 1.11 bits per heavy atom. The number of benzene rings is 1. The lowest BCUT2D eigenvalue weighted by molar-refractivity contribution is 0.0951. The molecule has 0 bridgehead atoms. The zero-order valence-corrected chi connectivity index (χ0v) is 18.3. The molecule has 0 aromatic heterocycles. The highest BCUT2D eigenvalue weighted by molar-refractivity contribution is 7.89. The molecule has 158 valence electrons. The van der Waals surface area contributed by atoms with Gasteiger partial charge in [-0.15, -0.1) is 0 Å². The second kappa shape index (κ2) is 10.3. The number of hydrogen-bond acceptors (Lipinski definition) is 5. The molecule has 1 N–H and O–H groups in total. The van der Waals surface area contributed by atoms with E-state index in [1.54, 1.807) is 19.2 Å². The topological polar surface area (TPSA) is 73.0 Å². The smallest absolute Gasteiger partial charge is 0.251 e. The summed E-state index contributed by atoms with van der Waals surface area (Å²) < 4.78 is 26.3. The number of carbonyl (C=O) groups excluding carboxylic acids is 1. The standard InChI is InChI=1S/C20H34N4O3S/c1-17(2)23(4)28(26,27)19-9-7-18(8-10-19)20(25)21-11-5-6-12-24-15-13-22(3)14-16-24/h7-10,17H,5-6,11-16H2,1-4H3,(H,21,25). The van der Waals surface area contributed by atoms with Crippen LogP contribution in [-0.4, -0.2) is 87.8 Å². The summed E-state index contributed by atoms with van der Waals surface area (Å²) in [4.78, 5) is 17.3. The molecule has 1 aromatic rings. The molecular weight excluding hydrogens is 376 g/mol. The van der Waals surface area contributed by atoms with Gasteiger partial charge in [-0.05, 0) is 64.5 Å². The van der Waals surface area contributed by atoms with Crippen molar-refractivity contribution < 1.29 is 13.2 Å². The van der Waals surface area contributed by atoms with Crippen LogP contribution in [0.25, 0.3) is 0 Å². The number of amides is 1. The Kier molecular flexibility index (Phi) is 8.42. The van der Waals surface area contributed by atoms with Crippen molar-refractivity contribution in [3.05, 3.63) is 29.8 Å². The predicted octanol–water partition coefficient (Wildman–Crippen LogP) is 1.47. The van der Waals surface area contributed by atoms with E-state index in [1.807, 2.05) is 13.8 Å². The molecule has 7 nitrogen and oxygen atoms in total. The molecule has 0 aliphatic carbocycles. The molecule has 0 atom stereocenters. The lowest BCUT2D eigenvalue weighted by atomic mass is 10.2. The summed E-state index contributed by atoms with van der Waals surface area (Å²) in [6.07, 6.45) is 1.99. The number of rotatable bonds is 9. The van der Waals surface area contributed by atoms with Gasteiger partial charge in [-0.2, -0.15) is 4.31 Å². The highest BCUT2D eigenvalue weighted by Gasteiger charge is 2.23. The fourth-order valence-electron chi connectivity index (χ4n) is 3.06. The monoisotopic (exact) mass is 410 g/mol. The van der Waals surface area contributed by atoms with Gasteiger partial charge in [-0.3, -0.25) is 4.79 Å². The van der Waals surface area contributed by atoms with Crippen molar-refractivity contribution >= 4 is 15.9 Å². The second-order valence-corrected chi connectivity index (χ2v) is 9.74. The first-order chi connectivity index (χ1) is 13.2. The molecular formula is C20H34N4O3S. The first-order valence-electron chi connectivity index (χ1n) is 9.99. The van der Waals surface area contributed by atoms with E-state index in [4.69, 9.17) is 0 Å². The molecule has 0 radical (unpaired) electrons. The Morgan fingerprint density at radius 3 is 2.29 bits per heavy atom. The Bertz CT molecular complexity index is 726. The minimum absolute atomic E-state index is 0.126. The molecule has 1 aromatic carbocycles. The first kappa shape index (κ1) is 22.8. The highest BCUT2D eigenvalue weighted by Crippen LogP contribution is 2.17. The van der Waals surface area contributed by atoms with Gasteiger partial charge in [0.15, 0.2) is 0 Å². The van der Waals surface area contributed by atoms with E-state index in [0.717, 1.165) is 45.6 Å². The third kappa shape index (κ3) is 6.27. The number of nitrogens with one attached hydrogen (secondary N) is 1. The van der Waals surface area contributed by atoms with Crippen molar-refractivity contribution in [1.29, 1.82) is 0 Å². The Balaban J connectivity index is 1.75. The molecule has 0 spiro atoms. The fourth-order valence-corrected chi connectivity index (χ4v) is 4.43. The van der Waals surface area contributed by atoms with Crippen molar-refractivity contribution in [3.8, 4) is 0 Å². The van der Waals surface area contributed by atoms with Crippen molar-refractivity contribution in [2.75, 3.05) is 53.4 Å². The van der Waals surface area contributed by atoms with Crippen LogP contribution in [0, 0.1) is 0 Å². The lowest BCUT2D eigenvalue weighted by Crippen LogP contribution is -2.44. The number of likely N-dealkylation sites (N-methyl/N-ethyl adjacent to an activating group) is 1. The molecule has 1 aliphatic rings. The second-order valence-electron chi connectivity index (χ2n) is 7.75.